The van der Waals surface area contributed by atoms with E-state index in [1.54, 1.807) is 4.68 Å². The second-order valence-electron chi connectivity index (χ2n) is 3.27. The second kappa shape index (κ2) is 3.82. The summed E-state index contributed by atoms with van der Waals surface area (Å²) >= 11 is 4.94. The van der Waals surface area contributed by atoms with Gasteiger partial charge in [0.2, 0.25) is 0 Å². The Balaban J connectivity index is 2.24. The highest BCUT2D eigenvalue weighted by molar-refractivity contribution is 7.80. The van der Waals surface area contributed by atoms with Crippen molar-refractivity contribution in [1.82, 2.24) is 19.6 Å². The Morgan fingerprint density at radius 3 is 3.00 bits per heavy atom. The monoisotopic (exact) mass is 221 g/mol. The third-order valence-electron chi connectivity index (χ3n) is 2.06. The van der Waals surface area contributed by atoms with Gasteiger partial charge in [-0.3, -0.25) is 4.68 Å². The fraction of sp³-hybridized carbons (Fsp3) is 0.222. The molecule has 0 bridgehead atoms. The molecule has 0 fully saturated rings. The summed E-state index contributed by atoms with van der Waals surface area (Å²) in [6.07, 6.45) is 3.78. The maximum absolute atomic E-state index is 5.59. The van der Waals surface area contributed by atoms with Crippen molar-refractivity contribution in [3.05, 3.63) is 35.9 Å². The fourth-order valence-electron chi connectivity index (χ4n) is 1.42. The van der Waals surface area contributed by atoms with Gasteiger partial charge in [0.15, 0.2) is 0 Å². The first kappa shape index (κ1) is 9.85. The molecule has 0 aromatic carbocycles. The van der Waals surface area contributed by atoms with Crippen LogP contribution in [0.4, 0.5) is 0 Å². The summed E-state index contributed by atoms with van der Waals surface area (Å²) < 4.78 is 3.62. The van der Waals surface area contributed by atoms with Gasteiger partial charge < -0.3 is 10.3 Å². The number of nitrogens with zero attached hydrogens (tertiary/aromatic N) is 4. The summed E-state index contributed by atoms with van der Waals surface area (Å²) in [6.45, 7) is 0.632. The van der Waals surface area contributed by atoms with Crippen LogP contribution in [-0.4, -0.2) is 24.5 Å². The van der Waals surface area contributed by atoms with Gasteiger partial charge >= 0.3 is 0 Å². The third-order valence-corrected chi connectivity index (χ3v) is 2.27. The minimum atomic E-state index is 0.392. The zero-order valence-corrected chi connectivity index (χ0v) is 9.11. The number of hydrogen-bond acceptors (Lipinski definition) is 3. The molecule has 0 spiro atoms. The van der Waals surface area contributed by atoms with Crippen molar-refractivity contribution in [2.45, 2.75) is 6.54 Å². The number of aryl methyl sites for hydroxylation is 1. The lowest BCUT2D eigenvalue weighted by atomic mass is 10.4. The molecule has 0 atom stereocenters. The van der Waals surface area contributed by atoms with E-state index in [9.17, 15) is 0 Å². The minimum Gasteiger partial charge on any atom is -0.388 e. The summed E-state index contributed by atoms with van der Waals surface area (Å²) in [7, 11) is 1.83. The first-order valence-electron chi connectivity index (χ1n) is 4.47. The van der Waals surface area contributed by atoms with Crippen LogP contribution in [0.5, 0.6) is 0 Å². The van der Waals surface area contributed by atoms with E-state index in [0.717, 1.165) is 11.4 Å². The molecule has 15 heavy (non-hydrogen) atoms. The summed E-state index contributed by atoms with van der Waals surface area (Å²) in [5.74, 6) is 0. The standard InChI is InChI=1S/C9H11N5S/c1-13-5-7(11-12-13)6-14-4-2-3-8(14)9(10)15/h2-5H,6H2,1H3,(H2,10,15). The Morgan fingerprint density at radius 2 is 2.40 bits per heavy atom. The summed E-state index contributed by atoms with van der Waals surface area (Å²) in [5, 5.41) is 7.86. The lowest BCUT2D eigenvalue weighted by Crippen LogP contribution is -2.15. The lowest BCUT2D eigenvalue weighted by Gasteiger charge is -2.04. The van der Waals surface area contributed by atoms with Crippen LogP contribution in [0, 0.1) is 0 Å². The maximum Gasteiger partial charge on any atom is 0.120 e. The Hall–Kier alpha value is -1.69. The van der Waals surface area contributed by atoms with Crippen LogP contribution in [0.25, 0.3) is 0 Å². The van der Waals surface area contributed by atoms with Crippen molar-refractivity contribution < 1.29 is 0 Å². The van der Waals surface area contributed by atoms with Gasteiger partial charge in [-0.2, -0.15) is 0 Å². The van der Waals surface area contributed by atoms with Gasteiger partial charge in [-0.1, -0.05) is 17.4 Å². The van der Waals surface area contributed by atoms with Crippen LogP contribution < -0.4 is 5.73 Å². The molecular formula is C9H11N5S. The minimum absolute atomic E-state index is 0.392. The molecule has 0 aliphatic heterocycles. The number of rotatable bonds is 3. The van der Waals surface area contributed by atoms with Crippen LogP contribution in [0.3, 0.4) is 0 Å². The molecule has 2 aromatic rings. The van der Waals surface area contributed by atoms with Gasteiger partial charge in [0.05, 0.1) is 12.2 Å². The van der Waals surface area contributed by atoms with E-state index >= 15 is 0 Å². The molecule has 5 nitrogen and oxygen atoms in total. The Morgan fingerprint density at radius 1 is 1.60 bits per heavy atom. The highest BCUT2D eigenvalue weighted by atomic mass is 32.1. The zero-order chi connectivity index (χ0) is 10.8. The summed E-state index contributed by atoms with van der Waals surface area (Å²) in [4.78, 5) is 0.392. The van der Waals surface area contributed by atoms with E-state index in [4.69, 9.17) is 18.0 Å². The molecule has 2 N–H and O–H groups in total. The molecule has 0 aliphatic carbocycles. The average Bonchev–Trinajstić information content (AvgIpc) is 2.75. The van der Waals surface area contributed by atoms with Crippen LogP contribution in [-0.2, 0) is 13.6 Å². The van der Waals surface area contributed by atoms with Gasteiger partial charge in [-0.15, -0.1) is 5.10 Å². The zero-order valence-electron chi connectivity index (χ0n) is 8.29. The predicted octanol–water partition coefficient (Wildman–Crippen LogP) is 0.299. The molecule has 0 aliphatic rings. The largest absolute Gasteiger partial charge is 0.388 e. The maximum atomic E-state index is 5.59. The first-order valence-corrected chi connectivity index (χ1v) is 4.88. The van der Waals surface area contributed by atoms with Crippen LogP contribution in [0.15, 0.2) is 24.5 Å². The molecule has 78 valence electrons. The number of hydrogen-bond donors (Lipinski definition) is 1. The molecule has 2 heterocycles. The summed E-state index contributed by atoms with van der Waals surface area (Å²) in [5.41, 5.74) is 7.31. The van der Waals surface area contributed by atoms with Crippen molar-refractivity contribution in [1.29, 1.82) is 0 Å². The highest BCUT2D eigenvalue weighted by Crippen LogP contribution is 2.05. The van der Waals surface area contributed by atoms with Crippen LogP contribution in [0.1, 0.15) is 11.4 Å². The van der Waals surface area contributed by atoms with E-state index in [-0.39, 0.29) is 0 Å². The SMILES string of the molecule is Cn1cc(Cn2cccc2C(N)=S)nn1. The predicted molar refractivity (Wildman–Crippen MR) is 60.4 cm³/mol. The smallest absolute Gasteiger partial charge is 0.120 e. The Bertz CT molecular complexity index is 484. The van der Waals surface area contributed by atoms with E-state index < -0.39 is 0 Å². The molecule has 0 unspecified atom stereocenters. The molecule has 0 saturated heterocycles. The normalized spacial score (nSPS) is 10.5. The van der Waals surface area contributed by atoms with Crippen LogP contribution in [0.2, 0.25) is 0 Å². The number of aromatic nitrogens is 4. The van der Waals surface area contributed by atoms with Crippen molar-refractivity contribution in [3.8, 4) is 0 Å². The highest BCUT2D eigenvalue weighted by Gasteiger charge is 2.05. The molecule has 0 saturated carbocycles. The molecule has 2 aromatic heterocycles. The van der Waals surface area contributed by atoms with Gasteiger partial charge in [0.25, 0.3) is 0 Å². The second-order valence-corrected chi connectivity index (χ2v) is 3.71. The topological polar surface area (TPSA) is 61.7 Å². The van der Waals surface area contributed by atoms with Crippen molar-refractivity contribution >= 4 is 17.2 Å². The van der Waals surface area contributed by atoms with Crippen molar-refractivity contribution in [2.24, 2.45) is 12.8 Å². The third kappa shape index (κ3) is 2.04. The quantitative estimate of drug-likeness (QED) is 0.757. The number of nitrogens with two attached hydrogens (primary N) is 1. The van der Waals surface area contributed by atoms with Gasteiger partial charge in [0, 0.05) is 19.4 Å². The fourth-order valence-corrected chi connectivity index (χ4v) is 1.60. The summed E-state index contributed by atoms with van der Waals surface area (Å²) in [6, 6.07) is 3.80. The van der Waals surface area contributed by atoms with Gasteiger partial charge in [-0.25, -0.2) is 0 Å². The van der Waals surface area contributed by atoms with Crippen LogP contribution >= 0.6 is 12.2 Å². The number of thiocarbonyl (C=S) groups is 1. The average molecular weight is 221 g/mol. The first-order chi connectivity index (χ1) is 7.16. The van der Waals surface area contributed by atoms with E-state index in [0.29, 0.717) is 11.5 Å². The van der Waals surface area contributed by atoms with Crippen molar-refractivity contribution in [2.75, 3.05) is 0 Å². The molecule has 0 amide bonds. The van der Waals surface area contributed by atoms with Gasteiger partial charge in [0.1, 0.15) is 10.7 Å². The van der Waals surface area contributed by atoms with Gasteiger partial charge in [-0.05, 0) is 12.1 Å². The Labute approximate surface area is 92.5 Å². The lowest BCUT2D eigenvalue weighted by molar-refractivity contribution is 0.709. The van der Waals surface area contributed by atoms with E-state index in [2.05, 4.69) is 10.3 Å². The van der Waals surface area contributed by atoms with Crippen molar-refractivity contribution in [3.63, 3.8) is 0 Å². The molecule has 2 rings (SSSR count). The molecule has 6 heteroatoms. The Kier molecular flexibility index (Phi) is 2.51. The van der Waals surface area contributed by atoms with E-state index in [1.807, 2.05) is 36.1 Å². The molecular weight excluding hydrogens is 210 g/mol. The van der Waals surface area contributed by atoms with E-state index in [1.165, 1.54) is 0 Å². The molecule has 0 radical (unpaired) electrons.